The van der Waals surface area contributed by atoms with Crippen molar-refractivity contribution in [2.45, 2.75) is 25.7 Å². The molecule has 2 fully saturated rings. The molecule has 40 heavy (non-hydrogen) atoms. The van der Waals surface area contributed by atoms with Crippen molar-refractivity contribution in [3.05, 3.63) is 59.7 Å². The van der Waals surface area contributed by atoms with E-state index in [0.29, 0.717) is 58.3 Å². The van der Waals surface area contributed by atoms with E-state index >= 15 is 0 Å². The molecule has 0 atom stereocenters. The number of aromatic nitrogens is 2. The Hall–Kier alpha value is -3.27. The van der Waals surface area contributed by atoms with E-state index in [2.05, 4.69) is 32.5 Å². The first-order valence-corrected chi connectivity index (χ1v) is 14.0. The fourth-order valence-corrected chi connectivity index (χ4v) is 5.83. The lowest BCUT2D eigenvalue weighted by molar-refractivity contribution is -0.111. The van der Waals surface area contributed by atoms with Gasteiger partial charge in [-0.25, -0.2) is 14.4 Å². The van der Waals surface area contributed by atoms with Crippen molar-refractivity contribution in [3.63, 3.8) is 0 Å². The van der Waals surface area contributed by atoms with E-state index in [0.717, 1.165) is 13.1 Å². The molecular formula is C30H36ClFN6O2. The maximum Gasteiger partial charge on any atom is 0.248 e. The summed E-state index contributed by atoms with van der Waals surface area (Å²) in [5, 5.41) is 6.85. The number of rotatable bonds is 9. The smallest absolute Gasteiger partial charge is 0.248 e. The minimum Gasteiger partial charge on any atom is -0.491 e. The number of likely N-dealkylation sites (N-methyl/N-ethyl adjacent to an activating group) is 1. The average molecular weight is 567 g/mol. The zero-order valence-electron chi connectivity index (χ0n) is 23.2. The van der Waals surface area contributed by atoms with Crippen LogP contribution in [0.1, 0.15) is 25.7 Å². The molecule has 1 spiro atoms. The van der Waals surface area contributed by atoms with E-state index in [1.165, 1.54) is 50.2 Å². The molecule has 1 aliphatic heterocycles. The third-order valence-corrected chi connectivity index (χ3v) is 8.17. The summed E-state index contributed by atoms with van der Waals surface area (Å²) in [5.74, 6) is 0.814. The highest BCUT2D eigenvalue weighted by Gasteiger charge is 2.45. The van der Waals surface area contributed by atoms with Gasteiger partial charge in [-0.1, -0.05) is 17.7 Å². The zero-order chi connectivity index (χ0) is 28.3. The summed E-state index contributed by atoms with van der Waals surface area (Å²) in [5.41, 5.74) is 2.24. The van der Waals surface area contributed by atoms with Crippen molar-refractivity contribution >= 4 is 45.6 Å². The van der Waals surface area contributed by atoms with Gasteiger partial charge in [0.05, 0.1) is 22.8 Å². The van der Waals surface area contributed by atoms with Crippen LogP contribution in [0.25, 0.3) is 10.9 Å². The Morgan fingerprint density at radius 2 is 2.00 bits per heavy atom. The van der Waals surface area contributed by atoms with Gasteiger partial charge in [-0.2, -0.15) is 0 Å². The summed E-state index contributed by atoms with van der Waals surface area (Å²) in [6, 6.07) is 8.02. The van der Waals surface area contributed by atoms with E-state index < -0.39 is 5.82 Å². The summed E-state index contributed by atoms with van der Waals surface area (Å²) < 4.78 is 20.0. The summed E-state index contributed by atoms with van der Waals surface area (Å²) in [4.78, 5) is 26.0. The maximum absolute atomic E-state index is 13.7. The van der Waals surface area contributed by atoms with Gasteiger partial charge in [-0.3, -0.25) is 4.79 Å². The third-order valence-electron chi connectivity index (χ3n) is 7.88. The lowest BCUT2D eigenvalue weighted by atomic mass is 9.58. The molecule has 2 aliphatic rings. The number of carbonyl (C=O) groups excluding carboxylic acids is 1. The third kappa shape index (κ3) is 6.71. The molecule has 5 rings (SSSR count). The van der Waals surface area contributed by atoms with Crippen molar-refractivity contribution < 1.29 is 13.9 Å². The van der Waals surface area contributed by atoms with E-state index in [1.54, 1.807) is 12.1 Å². The normalized spacial score (nSPS) is 17.4. The maximum atomic E-state index is 13.7. The Balaban J connectivity index is 1.37. The molecule has 0 bridgehead atoms. The van der Waals surface area contributed by atoms with Crippen LogP contribution in [0.5, 0.6) is 5.75 Å². The second-order valence-electron chi connectivity index (χ2n) is 11.4. The van der Waals surface area contributed by atoms with Crippen molar-refractivity contribution in [1.82, 2.24) is 19.8 Å². The Morgan fingerprint density at radius 1 is 1.23 bits per heavy atom. The van der Waals surface area contributed by atoms with Crippen LogP contribution in [0.3, 0.4) is 0 Å². The van der Waals surface area contributed by atoms with Crippen molar-refractivity contribution in [2.75, 3.05) is 58.0 Å². The number of anilines is 3. The standard InChI is InChI=1S/C30H36ClFN6O2/c1-37(2)10-4-5-28(39)36-26-14-22-25(33-19-34-29(22)35-21-6-7-24(32)23(31)13-21)15-27(26)40-18-20-16-30(17-20)8-11-38(3)12-9-30/h4-7,13-15,19-20H,8-12,16-18H2,1-3H3,(H,36,39)(H,33,34,35). The highest BCUT2D eigenvalue weighted by molar-refractivity contribution is 6.31. The van der Waals surface area contributed by atoms with Gasteiger partial charge in [0, 0.05) is 29.8 Å². The number of ether oxygens (including phenoxy) is 1. The summed E-state index contributed by atoms with van der Waals surface area (Å²) in [6.07, 6.45) is 9.65. The van der Waals surface area contributed by atoms with Gasteiger partial charge in [0.15, 0.2) is 0 Å². The molecule has 2 aromatic carbocycles. The lowest BCUT2D eigenvalue weighted by Gasteiger charge is -2.51. The van der Waals surface area contributed by atoms with Crippen LogP contribution in [0, 0.1) is 17.2 Å². The Bertz CT molecular complexity index is 1400. The number of halogens is 2. The molecule has 1 amide bonds. The summed E-state index contributed by atoms with van der Waals surface area (Å²) in [7, 11) is 6.07. The van der Waals surface area contributed by atoms with Gasteiger partial charge in [0.2, 0.25) is 5.91 Å². The Kier molecular flexibility index (Phi) is 8.54. The number of benzene rings is 2. The molecule has 1 saturated carbocycles. The van der Waals surface area contributed by atoms with E-state index in [-0.39, 0.29) is 10.9 Å². The van der Waals surface area contributed by atoms with Crippen molar-refractivity contribution in [3.8, 4) is 5.75 Å². The van der Waals surface area contributed by atoms with Crippen LogP contribution in [-0.2, 0) is 4.79 Å². The van der Waals surface area contributed by atoms with Crippen LogP contribution in [0.15, 0.2) is 48.8 Å². The highest BCUT2D eigenvalue weighted by atomic mass is 35.5. The quantitative estimate of drug-likeness (QED) is 0.320. The molecular weight excluding hydrogens is 531 g/mol. The second kappa shape index (κ2) is 12.1. The predicted octanol–water partition coefficient (Wildman–Crippen LogP) is 5.72. The minimum atomic E-state index is -0.498. The Morgan fingerprint density at radius 3 is 2.73 bits per heavy atom. The fraction of sp³-hybridized carbons (Fsp3) is 0.433. The van der Waals surface area contributed by atoms with Crippen LogP contribution in [0.4, 0.5) is 21.6 Å². The second-order valence-corrected chi connectivity index (χ2v) is 11.8. The number of hydrogen-bond acceptors (Lipinski definition) is 7. The summed E-state index contributed by atoms with van der Waals surface area (Å²) in [6.45, 7) is 3.56. The van der Waals surface area contributed by atoms with Crippen molar-refractivity contribution in [1.29, 1.82) is 0 Å². The van der Waals surface area contributed by atoms with Gasteiger partial charge in [-0.05, 0) is 95.5 Å². The van der Waals surface area contributed by atoms with Crippen LogP contribution >= 0.6 is 11.6 Å². The molecule has 1 saturated heterocycles. The molecule has 8 nitrogen and oxygen atoms in total. The van der Waals surface area contributed by atoms with Gasteiger partial charge in [0.1, 0.15) is 23.7 Å². The number of amides is 1. The number of piperidine rings is 1. The number of carbonyl (C=O) groups is 1. The molecule has 1 aliphatic carbocycles. The van der Waals surface area contributed by atoms with Crippen LogP contribution in [0.2, 0.25) is 5.02 Å². The van der Waals surface area contributed by atoms with Gasteiger partial charge >= 0.3 is 0 Å². The minimum absolute atomic E-state index is 0.00883. The average Bonchev–Trinajstić information content (AvgIpc) is 2.89. The number of nitrogens with one attached hydrogen (secondary N) is 2. The first-order valence-electron chi connectivity index (χ1n) is 13.6. The molecule has 10 heteroatoms. The molecule has 212 valence electrons. The van der Waals surface area contributed by atoms with Gasteiger partial charge < -0.3 is 25.2 Å². The van der Waals surface area contributed by atoms with E-state index in [9.17, 15) is 9.18 Å². The van der Waals surface area contributed by atoms with E-state index in [4.69, 9.17) is 16.3 Å². The van der Waals surface area contributed by atoms with Crippen LogP contribution in [-0.4, -0.2) is 73.1 Å². The molecule has 1 aromatic heterocycles. The summed E-state index contributed by atoms with van der Waals surface area (Å²) >= 11 is 5.97. The lowest BCUT2D eigenvalue weighted by Crippen LogP contribution is -2.47. The number of likely N-dealkylation sites (tertiary alicyclic amines) is 1. The van der Waals surface area contributed by atoms with Gasteiger partial charge in [-0.15, -0.1) is 0 Å². The SMILES string of the molecule is CN(C)CC=CC(=O)Nc1cc2c(Nc3ccc(F)c(Cl)c3)ncnc2cc1OCC1CC2(CCN(C)CC2)C1. The monoisotopic (exact) mass is 566 g/mol. The molecule has 0 radical (unpaired) electrons. The Labute approximate surface area is 239 Å². The molecule has 2 heterocycles. The van der Waals surface area contributed by atoms with Crippen molar-refractivity contribution in [2.24, 2.45) is 11.3 Å². The zero-order valence-corrected chi connectivity index (χ0v) is 24.0. The number of fused-ring (bicyclic) bond motifs is 1. The van der Waals surface area contributed by atoms with E-state index in [1.807, 2.05) is 31.1 Å². The molecule has 2 N–H and O–H groups in total. The number of hydrogen-bond donors (Lipinski definition) is 2. The number of nitrogens with zero attached hydrogens (tertiary/aromatic N) is 4. The highest BCUT2D eigenvalue weighted by Crippen LogP contribution is 2.52. The first kappa shape index (κ1) is 28.3. The molecule has 0 unspecified atom stereocenters. The largest absolute Gasteiger partial charge is 0.491 e. The van der Waals surface area contributed by atoms with Gasteiger partial charge in [0.25, 0.3) is 0 Å². The first-order chi connectivity index (χ1) is 19.2. The predicted molar refractivity (Wildman–Crippen MR) is 158 cm³/mol. The topological polar surface area (TPSA) is 82.6 Å². The fourth-order valence-electron chi connectivity index (χ4n) is 5.65. The van der Waals surface area contributed by atoms with Crippen LogP contribution < -0.4 is 15.4 Å². The molecule has 3 aromatic rings.